The number of aromatic nitrogens is 2. The molecule has 19 heavy (non-hydrogen) atoms. The Balaban J connectivity index is 2.49. The maximum Gasteiger partial charge on any atom is 0.243 e. The van der Waals surface area contributed by atoms with Crippen LogP contribution in [0.5, 0.6) is 0 Å². The second-order valence-corrected chi connectivity index (χ2v) is 8.29. The Bertz CT molecular complexity index is 487. The van der Waals surface area contributed by atoms with Crippen molar-refractivity contribution in [3.63, 3.8) is 0 Å². The first-order valence-corrected chi connectivity index (χ1v) is 9.30. The minimum Gasteiger partial charge on any atom is -0.338 e. The van der Waals surface area contributed by atoms with Gasteiger partial charge in [0, 0.05) is 11.5 Å². The Hall–Kier alpha value is -0.600. The molecular weight excluding hydrogens is 286 g/mol. The van der Waals surface area contributed by atoms with Gasteiger partial charge in [-0.1, -0.05) is 19.0 Å². The number of hydrogen-bond donors (Lipinski definition) is 1. The van der Waals surface area contributed by atoms with Gasteiger partial charge in [0.1, 0.15) is 9.84 Å². The molecule has 0 saturated heterocycles. The van der Waals surface area contributed by atoms with Gasteiger partial charge < -0.3 is 10.3 Å². The maximum absolute atomic E-state index is 11.1. The maximum atomic E-state index is 11.1. The van der Waals surface area contributed by atoms with Crippen molar-refractivity contribution in [2.24, 2.45) is 5.73 Å². The van der Waals surface area contributed by atoms with Crippen LogP contribution in [-0.4, -0.2) is 35.8 Å². The van der Waals surface area contributed by atoms with Gasteiger partial charge in [-0.25, -0.2) is 8.42 Å². The fourth-order valence-electron chi connectivity index (χ4n) is 1.28. The third-order valence-electron chi connectivity index (χ3n) is 2.67. The summed E-state index contributed by atoms with van der Waals surface area (Å²) in [5, 5.41) is 4.39. The summed E-state index contributed by atoms with van der Waals surface area (Å²) >= 11 is 1.75. The molecule has 1 heterocycles. The van der Waals surface area contributed by atoms with Crippen molar-refractivity contribution < 1.29 is 12.9 Å². The summed E-state index contributed by atoms with van der Waals surface area (Å²) in [5.41, 5.74) is 5.83. The van der Waals surface area contributed by atoms with Crippen molar-refractivity contribution in [1.82, 2.24) is 10.1 Å². The molecule has 0 radical (unpaired) electrons. The van der Waals surface area contributed by atoms with Crippen molar-refractivity contribution in [3.8, 4) is 0 Å². The van der Waals surface area contributed by atoms with Gasteiger partial charge in [0.25, 0.3) is 0 Å². The summed E-state index contributed by atoms with van der Waals surface area (Å²) in [7, 11) is -3.02. The highest BCUT2D eigenvalue weighted by atomic mass is 32.2. The lowest BCUT2D eigenvalue weighted by Gasteiger charge is -2.05. The molecule has 0 aliphatic carbocycles. The van der Waals surface area contributed by atoms with E-state index in [2.05, 4.69) is 24.0 Å². The van der Waals surface area contributed by atoms with Gasteiger partial charge in [0.2, 0.25) is 5.89 Å². The van der Waals surface area contributed by atoms with Gasteiger partial charge >= 0.3 is 0 Å². The Labute approximate surface area is 118 Å². The predicted molar refractivity (Wildman–Crippen MR) is 76.6 cm³/mol. The molecule has 1 rings (SSSR count). The van der Waals surface area contributed by atoms with E-state index in [-0.39, 0.29) is 5.75 Å². The van der Waals surface area contributed by atoms with E-state index in [4.69, 9.17) is 10.3 Å². The molecule has 0 aromatic carbocycles. The zero-order valence-electron chi connectivity index (χ0n) is 11.5. The molecule has 0 bridgehead atoms. The largest absolute Gasteiger partial charge is 0.338 e. The molecule has 0 saturated carbocycles. The molecule has 0 fully saturated rings. The molecule has 2 unspecified atom stereocenters. The highest BCUT2D eigenvalue weighted by Gasteiger charge is 2.17. The summed E-state index contributed by atoms with van der Waals surface area (Å²) in [5.74, 6) is 1.61. The van der Waals surface area contributed by atoms with E-state index in [0.717, 1.165) is 6.42 Å². The lowest BCUT2D eigenvalue weighted by atomic mass is 10.2. The highest BCUT2D eigenvalue weighted by Crippen LogP contribution is 2.19. The average molecular weight is 307 g/mol. The Morgan fingerprint density at radius 1 is 1.47 bits per heavy atom. The van der Waals surface area contributed by atoms with Crippen molar-refractivity contribution >= 4 is 21.6 Å². The molecule has 0 spiro atoms. The summed E-state index contributed by atoms with van der Waals surface area (Å²) < 4.78 is 27.2. The Morgan fingerprint density at radius 3 is 2.74 bits per heavy atom. The van der Waals surface area contributed by atoms with Gasteiger partial charge in [-0.05, 0) is 12.8 Å². The van der Waals surface area contributed by atoms with Crippen LogP contribution in [0.15, 0.2) is 4.52 Å². The molecule has 0 aliphatic heterocycles. The van der Waals surface area contributed by atoms with Crippen LogP contribution in [0.2, 0.25) is 0 Å². The second kappa shape index (κ2) is 7.25. The van der Waals surface area contributed by atoms with Crippen LogP contribution in [0, 0.1) is 0 Å². The van der Waals surface area contributed by atoms with Crippen LogP contribution in [0.4, 0.5) is 0 Å². The third-order valence-corrected chi connectivity index (χ3v) is 4.98. The molecule has 0 amide bonds. The zero-order chi connectivity index (χ0) is 14.5. The number of thioether (sulfide) groups is 1. The number of hydrogen-bond acceptors (Lipinski definition) is 7. The van der Waals surface area contributed by atoms with Gasteiger partial charge in [-0.3, -0.25) is 0 Å². The first-order chi connectivity index (χ1) is 8.81. The molecule has 1 aromatic rings. The second-order valence-electron chi connectivity index (χ2n) is 4.60. The topological polar surface area (TPSA) is 99.1 Å². The fourth-order valence-corrected chi connectivity index (χ4v) is 2.74. The summed E-state index contributed by atoms with van der Waals surface area (Å²) in [6, 6.07) is -0.524. The predicted octanol–water partition coefficient (Wildman–Crippen LogP) is 1.54. The van der Waals surface area contributed by atoms with Gasteiger partial charge in [-0.2, -0.15) is 16.7 Å². The highest BCUT2D eigenvalue weighted by molar-refractivity contribution is 7.99. The fraction of sp³-hybridized carbons (Fsp3) is 0.818. The summed E-state index contributed by atoms with van der Waals surface area (Å²) in [6.07, 6.45) is 2.56. The van der Waals surface area contributed by atoms with E-state index in [1.165, 1.54) is 6.26 Å². The molecule has 8 heteroatoms. The van der Waals surface area contributed by atoms with E-state index >= 15 is 0 Å². The average Bonchev–Trinajstić information content (AvgIpc) is 2.80. The van der Waals surface area contributed by atoms with E-state index in [9.17, 15) is 8.42 Å². The molecule has 2 atom stereocenters. The molecule has 2 N–H and O–H groups in total. The van der Waals surface area contributed by atoms with Gasteiger partial charge in [0.05, 0.1) is 17.5 Å². The van der Waals surface area contributed by atoms with Gasteiger partial charge in [0.15, 0.2) is 5.82 Å². The van der Waals surface area contributed by atoms with E-state index in [1.807, 2.05) is 0 Å². The van der Waals surface area contributed by atoms with Crippen LogP contribution < -0.4 is 5.73 Å². The van der Waals surface area contributed by atoms with E-state index in [0.29, 0.717) is 29.1 Å². The first-order valence-electron chi connectivity index (χ1n) is 6.19. The van der Waals surface area contributed by atoms with Crippen LogP contribution in [0.1, 0.15) is 44.4 Å². The molecule has 6 nitrogen and oxygen atoms in total. The lowest BCUT2D eigenvalue weighted by molar-refractivity contribution is 0.349. The van der Waals surface area contributed by atoms with Crippen molar-refractivity contribution in [3.05, 3.63) is 11.7 Å². The Kier molecular flexibility index (Phi) is 6.28. The number of rotatable bonds is 8. The SMILES string of the molecule is CCC(C)SCc1noc(C(N)CCS(C)(=O)=O)n1. The number of nitrogens with zero attached hydrogens (tertiary/aromatic N) is 2. The normalized spacial score (nSPS) is 15.4. The molecular formula is C11H21N3O3S2. The van der Waals surface area contributed by atoms with Crippen LogP contribution >= 0.6 is 11.8 Å². The van der Waals surface area contributed by atoms with E-state index < -0.39 is 15.9 Å². The van der Waals surface area contributed by atoms with Crippen LogP contribution in [0.3, 0.4) is 0 Å². The van der Waals surface area contributed by atoms with E-state index in [1.54, 1.807) is 11.8 Å². The summed E-state index contributed by atoms with van der Waals surface area (Å²) in [6.45, 7) is 4.27. The molecule has 0 aliphatic rings. The van der Waals surface area contributed by atoms with Crippen molar-refractivity contribution in [2.75, 3.05) is 12.0 Å². The number of nitrogens with two attached hydrogens (primary N) is 1. The van der Waals surface area contributed by atoms with Crippen molar-refractivity contribution in [2.45, 2.75) is 43.7 Å². The summed E-state index contributed by atoms with van der Waals surface area (Å²) in [4.78, 5) is 4.20. The number of sulfone groups is 1. The molecule has 110 valence electrons. The van der Waals surface area contributed by atoms with Crippen LogP contribution in [0.25, 0.3) is 0 Å². The van der Waals surface area contributed by atoms with Crippen LogP contribution in [-0.2, 0) is 15.6 Å². The zero-order valence-corrected chi connectivity index (χ0v) is 13.1. The van der Waals surface area contributed by atoms with Crippen molar-refractivity contribution in [1.29, 1.82) is 0 Å². The third kappa shape index (κ3) is 6.40. The Morgan fingerprint density at radius 2 is 2.16 bits per heavy atom. The van der Waals surface area contributed by atoms with Gasteiger partial charge in [-0.15, -0.1) is 0 Å². The monoisotopic (exact) mass is 307 g/mol. The quantitative estimate of drug-likeness (QED) is 0.777. The minimum atomic E-state index is -3.02. The first kappa shape index (κ1) is 16.5. The lowest BCUT2D eigenvalue weighted by Crippen LogP contribution is -2.16. The molecule has 1 aromatic heterocycles. The minimum absolute atomic E-state index is 0.0213. The standard InChI is InChI=1S/C11H21N3O3S2/c1-4-8(2)18-7-10-13-11(17-14-10)9(12)5-6-19(3,15)16/h8-9H,4-7,12H2,1-3H3. The smallest absolute Gasteiger partial charge is 0.243 e.